The van der Waals surface area contributed by atoms with Gasteiger partial charge in [0.15, 0.2) is 5.69 Å². The first-order valence-electron chi connectivity index (χ1n) is 9.74. The molecular weight excluding hydrogens is 402 g/mol. The molecule has 0 bridgehead atoms. The summed E-state index contributed by atoms with van der Waals surface area (Å²) >= 11 is 0. The van der Waals surface area contributed by atoms with Crippen molar-refractivity contribution in [1.82, 2.24) is 4.57 Å². The van der Waals surface area contributed by atoms with Gasteiger partial charge in [-0.2, -0.15) is 0 Å². The Morgan fingerprint density at radius 3 is 2.60 bits per heavy atom. The normalized spacial score (nSPS) is 13.0. The third-order valence-corrected chi connectivity index (χ3v) is 5.28. The third-order valence-electron chi connectivity index (χ3n) is 5.28. The molecule has 0 saturated heterocycles. The average molecular weight is 428 g/mol. The zero-order chi connectivity index (χ0) is 20.4. The van der Waals surface area contributed by atoms with E-state index in [1.807, 2.05) is 4.57 Å². The van der Waals surface area contributed by atoms with Crippen LogP contribution in [0.2, 0.25) is 0 Å². The Hall–Kier alpha value is -2.99. The van der Waals surface area contributed by atoms with Crippen molar-refractivity contribution < 1.29 is 19.1 Å². The van der Waals surface area contributed by atoms with Crippen LogP contribution in [0.4, 0.5) is 5.69 Å². The fourth-order valence-corrected chi connectivity index (χ4v) is 3.79. The lowest BCUT2D eigenvalue weighted by Crippen LogP contribution is -2.43. The molecule has 30 heavy (non-hydrogen) atoms. The van der Waals surface area contributed by atoms with E-state index in [-0.39, 0.29) is 24.8 Å². The minimum atomic E-state index is -0.214. The summed E-state index contributed by atoms with van der Waals surface area (Å²) in [5, 5.41) is 12.7. The maximum atomic E-state index is 12.7. The molecule has 7 heteroatoms. The van der Waals surface area contributed by atoms with Crippen LogP contribution < -0.4 is 19.1 Å². The van der Waals surface area contributed by atoms with Crippen LogP contribution in [0.3, 0.4) is 0 Å². The summed E-state index contributed by atoms with van der Waals surface area (Å²) in [4.78, 5) is 4.27. The number of fused-ring (bicyclic) bond motifs is 1. The predicted octanol–water partition coefficient (Wildman–Crippen LogP) is 3.23. The van der Waals surface area contributed by atoms with Gasteiger partial charge in [-0.05, 0) is 25.5 Å². The van der Waals surface area contributed by atoms with E-state index in [1.165, 1.54) is 17.0 Å². The number of aromatic nitrogens is 2. The summed E-state index contributed by atoms with van der Waals surface area (Å²) in [6, 6.07) is 13.7. The van der Waals surface area contributed by atoms with Gasteiger partial charge < -0.3 is 14.6 Å². The van der Waals surface area contributed by atoms with Crippen LogP contribution >= 0.6 is 12.4 Å². The van der Waals surface area contributed by atoms with Crippen LogP contribution in [0.5, 0.6) is 11.5 Å². The van der Waals surface area contributed by atoms with Gasteiger partial charge in [0.05, 0.1) is 27.2 Å². The zero-order valence-electron chi connectivity index (χ0n) is 17.4. The lowest BCUT2D eigenvalue weighted by Gasteiger charge is -2.12. The Balaban J connectivity index is 0.00000256. The first kappa shape index (κ1) is 21.7. The monoisotopic (exact) mass is 427 g/mol. The number of aryl methyl sites for hydroxylation is 1. The molecule has 0 amide bonds. The van der Waals surface area contributed by atoms with Crippen LogP contribution in [-0.2, 0) is 19.5 Å². The number of imidazole rings is 1. The van der Waals surface area contributed by atoms with Gasteiger partial charge in [-0.15, -0.1) is 12.4 Å². The second-order valence-corrected chi connectivity index (χ2v) is 7.22. The van der Waals surface area contributed by atoms with E-state index in [1.54, 1.807) is 32.4 Å². The molecule has 0 N–H and O–H groups in total. The van der Waals surface area contributed by atoms with Crippen molar-refractivity contribution in [2.45, 2.75) is 32.9 Å². The summed E-state index contributed by atoms with van der Waals surface area (Å²) in [7, 11) is 3.15. The quantitative estimate of drug-likeness (QED) is 0.344. The second kappa shape index (κ2) is 9.22. The fourth-order valence-electron chi connectivity index (χ4n) is 3.79. The van der Waals surface area contributed by atoms with Crippen LogP contribution in [0.15, 0.2) is 53.7 Å². The molecule has 6 nitrogen and oxygen atoms in total. The van der Waals surface area contributed by atoms with Gasteiger partial charge in [-0.1, -0.05) is 29.8 Å². The number of aliphatic imine (C=N–C) groups is 1. The molecule has 0 spiro atoms. The number of methoxy groups -OCH3 is 2. The molecule has 1 aliphatic heterocycles. The first-order chi connectivity index (χ1) is 14.1. The summed E-state index contributed by atoms with van der Waals surface area (Å²) in [6.07, 6.45) is 4.12. The van der Waals surface area contributed by atoms with Gasteiger partial charge in [0.2, 0.25) is 0 Å². The van der Waals surface area contributed by atoms with Gasteiger partial charge in [0, 0.05) is 17.5 Å². The van der Waals surface area contributed by atoms with Crippen LogP contribution in [0.1, 0.15) is 17.8 Å². The van der Waals surface area contributed by atoms with E-state index < -0.39 is 0 Å². The Bertz CT molecular complexity index is 1060. The van der Waals surface area contributed by atoms with Crippen molar-refractivity contribution >= 4 is 24.0 Å². The highest BCUT2D eigenvalue weighted by Crippen LogP contribution is 2.31. The molecule has 0 unspecified atom stereocenters. The van der Waals surface area contributed by atoms with Gasteiger partial charge in [0.1, 0.15) is 29.9 Å². The SMILES string of the molecule is COc1ccc(N=C([O-])C[n+]2cc(-c3ccc(C)cc3)n3c2CCC3)c(OC)c1.Cl. The Labute approximate surface area is 182 Å². The van der Waals surface area contributed by atoms with E-state index >= 15 is 0 Å². The van der Waals surface area contributed by atoms with Gasteiger partial charge in [0.25, 0.3) is 5.82 Å². The van der Waals surface area contributed by atoms with E-state index in [9.17, 15) is 5.11 Å². The smallest absolute Gasteiger partial charge is 0.257 e. The van der Waals surface area contributed by atoms with E-state index in [2.05, 4.69) is 46.9 Å². The van der Waals surface area contributed by atoms with Crippen molar-refractivity contribution in [1.29, 1.82) is 0 Å². The molecular formula is C23H26ClN3O3. The minimum absolute atomic E-state index is 0. The Morgan fingerprint density at radius 1 is 1.13 bits per heavy atom. The van der Waals surface area contributed by atoms with E-state index in [0.717, 1.165) is 25.1 Å². The number of hydrogen-bond donors (Lipinski definition) is 0. The molecule has 3 aromatic rings. The van der Waals surface area contributed by atoms with Crippen molar-refractivity contribution in [2.24, 2.45) is 4.99 Å². The zero-order valence-corrected chi connectivity index (χ0v) is 18.2. The summed E-state index contributed by atoms with van der Waals surface area (Å²) in [5.41, 5.74) is 4.05. The van der Waals surface area contributed by atoms with E-state index in [4.69, 9.17) is 9.47 Å². The van der Waals surface area contributed by atoms with Gasteiger partial charge in [-0.25, -0.2) is 9.13 Å². The lowest BCUT2D eigenvalue weighted by atomic mass is 10.1. The lowest BCUT2D eigenvalue weighted by molar-refractivity contribution is -0.693. The average Bonchev–Trinajstić information content (AvgIpc) is 3.33. The van der Waals surface area contributed by atoms with Crippen molar-refractivity contribution in [2.75, 3.05) is 14.2 Å². The Morgan fingerprint density at radius 2 is 1.90 bits per heavy atom. The summed E-state index contributed by atoms with van der Waals surface area (Å²) in [6.45, 7) is 3.26. The molecule has 1 aromatic heterocycles. The predicted molar refractivity (Wildman–Crippen MR) is 117 cm³/mol. The molecule has 0 aliphatic carbocycles. The standard InChI is InChI=1S/C23H25N3O3.ClH/c1-16-6-8-17(9-7-16)20-14-25(23-5-4-12-26(20)23)15-22(27)24-19-11-10-18(28-2)13-21(19)29-3;/h6-11,13-14H,4-5,12,15H2,1-3H3;1H. The molecule has 2 aromatic carbocycles. The topological polar surface area (TPSA) is 62.7 Å². The van der Waals surface area contributed by atoms with Gasteiger partial charge in [-0.3, -0.25) is 4.99 Å². The van der Waals surface area contributed by atoms with Crippen LogP contribution in [0.25, 0.3) is 11.3 Å². The highest BCUT2D eigenvalue weighted by Gasteiger charge is 2.28. The van der Waals surface area contributed by atoms with Crippen molar-refractivity contribution in [3.63, 3.8) is 0 Å². The molecule has 0 fully saturated rings. The van der Waals surface area contributed by atoms with Gasteiger partial charge >= 0.3 is 0 Å². The number of benzene rings is 2. The molecule has 2 heterocycles. The van der Waals surface area contributed by atoms with Crippen molar-refractivity contribution in [3.8, 4) is 22.8 Å². The number of rotatable bonds is 6. The molecule has 158 valence electrons. The fraction of sp³-hybridized carbons (Fsp3) is 0.304. The molecule has 0 atom stereocenters. The maximum absolute atomic E-state index is 12.7. The molecule has 4 rings (SSSR count). The highest BCUT2D eigenvalue weighted by atomic mass is 35.5. The maximum Gasteiger partial charge on any atom is 0.257 e. The molecule has 1 aliphatic rings. The number of halogens is 1. The van der Waals surface area contributed by atoms with Crippen molar-refractivity contribution in [3.05, 3.63) is 60.0 Å². The molecule has 0 radical (unpaired) electrons. The largest absolute Gasteiger partial charge is 0.859 e. The minimum Gasteiger partial charge on any atom is -0.859 e. The second-order valence-electron chi connectivity index (χ2n) is 7.22. The summed E-state index contributed by atoms with van der Waals surface area (Å²) in [5.74, 6) is 2.14. The Kier molecular flexibility index (Phi) is 6.67. The van der Waals surface area contributed by atoms with Crippen LogP contribution in [-0.4, -0.2) is 24.7 Å². The highest BCUT2D eigenvalue weighted by molar-refractivity contribution is 5.85. The van der Waals surface area contributed by atoms with Crippen LogP contribution in [0, 0.1) is 6.92 Å². The summed E-state index contributed by atoms with van der Waals surface area (Å²) < 4.78 is 14.9. The number of nitrogens with zero attached hydrogens (tertiary/aromatic N) is 3. The number of hydrogen-bond acceptors (Lipinski definition) is 4. The van der Waals surface area contributed by atoms with E-state index in [0.29, 0.717) is 17.2 Å². The number of ether oxygens (including phenoxy) is 2. The first-order valence-corrected chi connectivity index (χ1v) is 9.74. The molecule has 0 saturated carbocycles. The third kappa shape index (κ3) is 4.28.